The SMILES string of the molecule is O=C(O)c1nccc2c(NC(=O)C3CC3)cc(F)cc12. The predicted molar refractivity (Wildman–Crippen MR) is 70.0 cm³/mol. The van der Waals surface area contributed by atoms with Crippen LogP contribution in [0.15, 0.2) is 24.4 Å². The standard InChI is InChI=1S/C14H11FN2O3/c15-8-5-10-9(3-4-16-12(10)14(19)20)11(6-8)17-13(18)7-1-2-7/h3-7H,1-2H2,(H,17,18)(H,19,20). The monoisotopic (exact) mass is 274 g/mol. The van der Waals surface area contributed by atoms with Crippen LogP contribution in [-0.4, -0.2) is 22.0 Å². The van der Waals surface area contributed by atoms with Crippen molar-refractivity contribution in [3.05, 3.63) is 35.9 Å². The molecule has 0 aliphatic heterocycles. The number of halogens is 1. The number of carbonyl (C=O) groups is 2. The summed E-state index contributed by atoms with van der Waals surface area (Å²) >= 11 is 0. The van der Waals surface area contributed by atoms with Crippen LogP contribution in [0.1, 0.15) is 23.3 Å². The lowest BCUT2D eigenvalue weighted by atomic mass is 10.1. The summed E-state index contributed by atoms with van der Waals surface area (Å²) in [6.45, 7) is 0. The van der Waals surface area contributed by atoms with Gasteiger partial charge in [0, 0.05) is 22.9 Å². The van der Waals surface area contributed by atoms with Gasteiger partial charge in [0.15, 0.2) is 5.69 Å². The number of carbonyl (C=O) groups excluding carboxylic acids is 1. The molecule has 102 valence electrons. The fourth-order valence-corrected chi connectivity index (χ4v) is 2.10. The number of anilines is 1. The number of carboxylic acid groups (broad SMARTS) is 1. The lowest BCUT2D eigenvalue weighted by Gasteiger charge is -2.10. The second-order valence-corrected chi connectivity index (χ2v) is 4.78. The van der Waals surface area contributed by atoms with E-state index in [9.17, 15) is 14.0 Å². The van der Waals surface area contributed by atoms with E-state index in [0.717, 1.165) is 18.9 Å². The number of aromatic carboxylic acids is 1. The molecule has 1 amide bonds. The Kier molecular flexibility index (Phi) is 2.85. The van der Waals surface area contributed by atoms with Crippen LogP contribution in [0.4, 0.5) is 10.1 Å². The molecule has 1 fully saturated rings. The Labute approximate surface area is 113 Å². The molecule has 0 saturated heterocycles. The van der Waals surface area contributed by atoms with Gasteiger partial charge in [-0.3, -0.25) is 4.79 Å². The Balaban J connectivity index is 2.13. The average Bonchev–Trinajstić information content (AvgIpc) is 3.21. The number of amides is 1. The van der Waals surface area contributed by atoms with E-state index in [-0.39, 0.29) is 28.6 Å². The van der Waals surface area contributed by atoms with E-state index in [0.29, 0.717) is 5.39 Å². The first-order valence-corrected chi connectivity index (χ1v) is 6.18. The van der Waals surface area contributed by atoms with Gasteiger partial charge in [-0.15, -0.1) is 0 Å². The quantitative estimate of drug-likeness (QED) is 0.900. The summed E-state index contributed by atoms with van der Waals surface area (Å²) in [5, 5.41) is 12.4. The minimum absolute atomic E-state index is 0.0194. The summed E-state index contributed by atoms with van der Waals surface area (Å²) in [6.07, 6.45) is 3.00. The Hall–Kier alpha value is -2.50. The van der Waals surface area contributed by atoms with Crippen LogP contribution in [0.5, 0.6) is 0 Å². The van der Waals surface area contributed by atoms with E-state index in [4.69, 9.17) is 5.11 Å². The maximum atomic E-state index is 13.6. The van der Waals surface area contributed by atoms with Crippen molar-refractivity contribution in [2.45, 2.75) is 12.8 Å². The fourth-order valence-electron chi connectivity index (χ4n) is 2.10. The first-order valence-electron chi connectivity index (χ1n) is 6.18. The number of aromatic nitrogens is 1. The third-order valence-corrected chi connectivity index (χ3v) is 3.25. The van der Waals surface area contributed by atoms with Crippen molar-refractivity contribution in [2.24, 2.45) is 5.92 Å². The van der Waals surface area contributed by atoms with Gasteiger partial charge >= 0.3 is 5.97 Å². The molecular weight excluding hydrogens is 263 g/mol. The molecule has 0 atom stereocenters. The molecule has 3 rings (SSSR count). The summed E-state index contributed by atoms with van der Waals surface area (Å²) in [4.78, 5) is 26.6. The fraction of sp³-hybridized carbons (Fsp3) is 0.214. The number of nitrogens with one attached hydrogen (secondary N) is 1. The van der Waals surface area contributed by atoms with Crippen LogP contribution in [0.25, 0.3) is 10.8 Å². The lowest BCUT2D eigenvalue weighted by molar-refractivity contribution is -0.117. The molecule has 20 heavy (non-hydrogen) atoms. The number of benzene rings is 1. The molecule has 1 aromatic carbocycles. The Morgan fingerprint density at radius 3 is 2.70 bits per heavy atom. The number of pyridine rings is 1. The molecule has 1 aliphatic carbocycles. The molecule has 1 aromatic heterocycles. The molecule has 0 radical (unpaired) electrons. The van der Waals surface area contributed by atoms with Gasteiger partial charge in [0.25, 0.3) is 0 Å². The Bertz CT molecular complexity index is 726. The molecule has 1 saturated carbocycles. The summed E-state index contributed by atoms with van der Waals surface area (Å²) < 4.78 is 13.6. The van der Waals surface area contributed by atoms with Gasteiger partial charge in [-0.25, -0.2) is 14.2 Å². The normalized spacial score (nSPS) is 14.2. The number of hydrogen-bond donors (Lipinski definition) is 2. The van der Waals surface area contributed by atoms with Crippen molar-refractivity contribution < 1.29 is 19.1 Å². The number of hydrogen-bond acceptors (Lipinski definition) is 3. The van der Waals surface area contributed by atoms with Gasteiger partial charge in [-0.1, -0.05) is 0 Å². The molecule has 2 N–H and O–H groups in total. The summed E-state index contributed by atoms with van der Waals surface area (Å²) in [6, 6.07) is 3.86. The van der Waals surface area contributed by atoms with Crippen LogP contribution in [-0.2, 0) is 4.79 Å². The van der Waals surface area contributed by atoms with E-state index in [1.165, 1.54) is 12.3 Å². The van der Waals surface area contributed by atoms with Crippen LogP contribution >= 0.6 is 0 Å². The Morgan fingerprint density at radius 1 is 1.30 bits per heavy atom. The lowest BCUT2D eigenvalue weighted by Crippen LogP contribution is -2.14. The number of carboxylic acids is 1. The van der Waals surface area contributed by atoms with Gasteiger partial charge in [0.05, 0.1) is 5.69 Å². The largest absolute Gasteiger partial charge is 0.476 e. The molecule has 0 bridgehead atoms. The molecule has 0 unspecified atom stereocenters. The second kappa shape index (κ2) is 4.56. The molecular formula is C14H11FN2O3. The van der Waals surface area contributed by atoms with Crippen molar-refractivity contribution in [3.8, 4) is 0 Å². The zero-order chi connectivity index (χ0) is 14.3. The Morgan fingerprint density at radius 2 is 2.05 bits per heavy atom. The van der Waals surface area contributed by atoms with Crippen molar-refractivity contribution >= 4 is 28.3 Å². The third-order valence-electron chi connectivity index (χ3n) is 3.25. The van der Waals surface area contributed by atoms with E-state index in [2.05, 4.69) is 10.3 Å². The molecule has 1 heterocycles. The first-order chi connectivity index (χ1) is 9.56. The smallest absolute Gasteiger partial charge is 0.355 e. The molecule has 6 heteroatoms. The zero-order valence-corrected chi connectivity index (χ0v) is 10.4. The second-order valence-electron chi connectivity index (χ2n) is 4.78. The van der Waals surface area contributed by atoms with E-state index >= 15 is 0 Å². The van der Waals surface area contributed by atoms with Crippen molar-refractivity contribution in [1.82, 2.24) is 4.98 Å². The van der Waals surface area contributed by atoms with Gasteiger partial charge in [-0.2, -0.15) is 0 Å². The van der Waals surface area contributed by atoms with Gasteiger partial charge < -0.3 is 10.4 Å². The highest BCUT2D eigenvalue weighted by atomic mass is 19.1. The average molecular weight is 274 g/mol. The van der Waals surface area contributed by atoms with Gasteiger partial charge in [-0.05, 0) is 31.0 Å². The predicted octanol–water partition coefficient (Wildman–Crippen LogP) is 2.42. The van der Waals surface area contributed by atoms with Crippen molar-refractivity contribution in [2.75, 3.05) is 5.32 Å². The molecule has 2 aromatic rings. The molecule has 1 aliphatic rings. The summed E-state index contributed by atoms with van der Waals surface area (Å²) in [5.41, 5.74) is 0.0470. The summed E-state index contributed by atoms with van der Waals surface area (Å²) in [5.74, 6) is -2.03. The van der Waals surface area contributed by atoms with Crippen LogP contribution in [0, 0.1) is 11.7 Å². The van der Waals surface area contributed by atoms with Crippen LogP contribution in [0.3, 0.4) is 0 Å². The van der Waals surface area contributed by atoms with E-state index in [1.807, 2.05) is 0 Å². The minimum atomic E-state index is -1.24. The highest BCUT2D eigenvalue weighted by Crippen LogP contribution is 2.32. The number of fused-ring (bicyclic) bond motifs is 1. The highest BCUT2D eigenvalue weighted by molar-refractivity contribution is 6.09. The maximum Gasteiger partial charge on any atom is 0.355 e. The van der Waals surface area contributed by atoms with Gasteiger partial charge in [0.1, 0.15) is 5.82 Å². The van der Waals surface area contributed by atoms with E-state index < -0.39 is 11.8 Å². The van der Waals surface area contributed by atoms with Gasteiger partial charge in [0.2, 0.25) is 5.91 Å². The van der Waals surface area contributed by atoms with Crippen LogP contribution in [0.2, 0.25) is 0 Å². The zero-order valence-electron chi connectivity index (χ0n) is 10.4. The summed E-state index contributed by atoms with van der Waals surface area (Å²) in [7, 11) is 0. The third kappa shape index (κ3) is 2.20. The van der Waals surface area contributed by atoms with Crippen molar-refractivity contribution in [3.63, 3.8) is 0 Å². The van der Waals surface area contributed by atoms with Crippen LogP contribution < -0.4 is 5.32 Å². The minimum Gasteiger partial charge on any atom is -0.476 e. The highest BCUT2D eigenvalue weighted by Gasteiger charge is 2.30. The topological polar surface area (TPSA) is 79.3 Å². The molecule has 5 nitrogen and oxygen atoms in total. The molecule has 0 spiro atoms. The first kappa shape index (κ1) is 12.5. The number of rotatable bonds is 3. The number of nitrogens with zero attached hydrogens (tertiary/aromatic N) is 1. The van der Waals surface area contributed by atoms with Crippen molar-refractivity contribution in [1.29, 1.82) is 0 Å². The van der Waals surface area contributed by atoms with E-state index in [1.54, 1.807) is 6.07 Å². The maximum absolute atomic E-state index is 13.6.